The maximum Gasteiger partial charge on any atom is 0.410 e. The first kappa shape index (κ1) is 14.6. The molecule has 0 spiro atoms. The maximum absolute atomic E-state index is 13.0. The molecule has 1 fully saturated rings. The maximum atomic E-state index is 13.0. The molecule has 0 aromatic rings. The minimum atomic E-state index is -3.19. The van der Waals surface area contributed by atoms with E-state index in [1.165, 1.54) is 0 Å². The molecule has 1 aliphatic rings. The summed E-state index contributed by atoms with van der Waals surface area (Å²) in [4.78, 5) is 9.51. The fraction of sp³-hybridized carbons (Fsp3) is 0.900. The Bertz CT molecular complexity index is 301. The van der Waals surface area contributed by atoms with Gasteiger partial charge in [-0.1, -0.05) is 0 Å². The zero-order valence-electron chi connectivity index (χ0n) is 9.91. The Balaban J connectivity index is 2.63. The first-order valence-electron chi connectivity index (χ1n) is 5.23. The van der Waals surface area contributed by atoms with Crippen LogP contribution in [0.2, 0.25) is 0 Å². The second-order valence-corrected chi connectivity index (χ2v) is 6.16. The summed E-state index contributed by atoms with van der Waals surface area (Å²) in [5.74, 6) is -1.31. The van der Waals surface area contributed by atoms with E-state index >= 15 is 0 Å². The lowest BCUT2D eigenvalue weighted by atomic mass is 10.1. The smallest absolute Gasteiger partial charge is 0.410 e. The molecule has 0 aromatic heterocycles. The summed E-state index contributed by atoms with van der Waals surface area (Å²) in [6, 6.07) is 0. The molecule has 2 atom stereocenters. The third-order valence-electron chi connectivity index (χ3n) is 2.36. The van der Waals surface area contributed by atoms with Crippen molar-refractivity contribution in [2.45, 2.75) is 37.3 Å². The molecule has 100 valence electrons. The topological polar surface area (TPSA) is 49.8 Å². The van der Waals surface area contributed by atoms with Crippen molar-refractivity contribution >= 4 is 22.0 Å². The lowest BCUT2D eigenvalue weighted by Gasteiger charge is -2.24. The number of carbonyl (C=O) groups is 1. The minimum Gasteiger partial charge on any atom is -0.444 e. The summed E-state index contributed by atoms with van der Waals surface area (Å²) in [5, 5.41) is 9.48. The van der Waals surface area contributed by atoms with E-state index < -0.39 is 28.5 Å². The molecule has 1 amide bonds. The van der Waals surface area contributed by atoms with E-state index in [2.05, 4.69) is 15.9 Å². The van der Waals surface area contributed by atoms with Crippen LogP contribution < -0.4 is 0 Å². The van der Waals surface area contributed by atoms with Crippen molar-refractivity contribution in [2.75, 3.05) is 13.1 Å². The molecule has 0 aromatic carbocycles. The second kappa shape index (κ2) is 4.68. The van der Waals surface area contributed by atoms with Crippen LogP contribution >= 0.6 is 15.9 Å². The average molecular weight is 316 g/mol. The molecule has 1 aliphatic heterocycles. The summed E-state index contributed by atoms with van der Waals surface area (Å²) in [6.07, 6.45) is -1.94. The highest BCUT2D eigenvalue weighted by molar-refractivity contribution is 9.10. The molecule has 7 heteroatoms. The van der Waals surface area contributed by atoms with Gasteiger partial charge in [-0.15, -0.1) is 0 Å². The van der Waals surface area contributed by atoms with Gasteiger partial charge in [-0.2, -0.15) is 8.78 Å². The van der Waals surface area contributed by atoms with Crippen LogP contribution in [0.4, 0.5) is 13.6 Å². The third-order valence-corrected chi connectivity index (χ3v) is 2.95. The van der Waals surface area contributed by atoms with Gasteiger partial charge in [0.15, 0.2) is 0 Å². The number of carbonyl (C=O) groups excluding carboxylic acids is 1. The highest BCUT2D eigenvalue weighted by atomic mass is 79.9. The molecule has 0 radical (unpaired) electrons. The Kier molecular flexibility index (Phi) is 4.03. The van der Waals surface area contributed by atoms with Gasteiger partial charge in [0, 0.05) is 6.54 Å². The average Bonchev–Trinajstić information content (AvgIpc) is 2.42. The van der Waals surface area contributed by atoms with E-state index in [4.69, 9.17) is 4.74 Å². The zero-order valence-corrected chi connectivity index (χ0v) is 11.5. The van der Waals surface area contributed by atoms with Crippen LogP contribution in [0.15, 0.2) is 0 Å². The van der Waals surface area contributed by atoms with Crippen molar-refractivity contribution in [2.24, 2.45) is 5.92 Å². The van der Waals surface area contributed by atoms with Crippen molar-refractivity contribution in [1.29, 1.82) is 0 Å². The molecule has 17 heavy (non-hydrogen) atoms. The van der Waals surface area contributed by atoms with Crippen molar-refractivity contribution < 1.29 is 23.4 Å². The summed E-state index contributed by atoms with van der Waals surface area (Å²) >= 11 is 2.21. The van der Waals surface area contributed by atoms with Crippen molar-refractivity contribution in [3.8, 4) is 0 Å². The Morgan fingerprint density at radius 3 is 2.29 bits per heavy atom. The Hall–Kier alpha value is -0.430. The largest absolute Gasteiger partial charge is 0.444 e. The van der Waals surface area contributed by atoms with Crippen molar-refractivity contribution in [3.63, 3.8) is 0 Å². The first-order chi connectivity index (χ1) is 7.50. The summed E-state index contributed by atoms with van der Waals surface area (Å²) in [7, 11) is 0. The van der Waals surface area contributed by atoms with Gasteiger partial charge in [-0.05, 0) is 36.7 Å². The van der Waals surface area contributed by atoms with E-state index in [-0.39, 0.29) is 13.1 Å². The van der Waals surface area contributed by atoms with Gasteiger partial charge in [0.25, 0.3) is 0 Å². The van der Waals surface area contributed by atoms with E-state index in [9.17, 15) is 18.7 Å². The number of β-amino-alcohol motifs (C(OH)–C–C–N with tert-alkyl or cyclic N) is 1. The molecule has 0 bridgehead atoms. The van der Waals surface area contributed by atoms with Crippen LogP contribution in [0, 0.1) is 5.92 Å². The zero-order chi connectivity index (χ0) is 13.4. The molecular formula is C10H16BrF2NO3. The van der Waals surface area contributed by atoms with Crippen LogP contribution in [0.1, 0.15) is 20.8 Å². The molecule has 4 nitrogen and oxygen atoms in total. The fourth-order valence-corrected chi connectivity index (χ4v) is 2.03. The normalized spacial score (nSPS) is 26.2. The highest BCUT2D eigenvalue weighted by Gasteiger charge is 2.48. The van der Waals surface area contributed by atoms with Gasteiger partial charge in [0.1, 0.15) is 5.60 Å². The number of alkyl halides is 3. The third kappa shape index (κ3) is 4.06. The number of likely N-dealkylation sites (tertiary alicyclic amines) is 1. The van der Waals surface area contributed by atoms with Gasteiger partial charge in [0.2, 0.25) is 0 Å². The Morgan fingerprint density at radius 2 is 1.94 bits per heavy atom. The number of aliphatic hydroxyl groups is 1. The summed E-state index contributed by atoms with van der Waals surface area (Å²) in [5.41, 5.74) is -0.683. The van der Waals surface area contributed by atoms with Crippen molar-refractivity contribution in [3.05, 3.63) is 0 Å². The van der Waals surface area contributed by atoms with Crippen LogP contribution in [0.3, 0.4) is 0 Å². The highest BCUT2D eigenvalue weighted by Crippen LogP contribution is 2.37. The second-order valence-electron chi connectivity index (χ2n) is 5.10. The molecule has 1 N–H and O–H groups in total. The number of halogens is 3. The monoisotopic (exact) mass is 315 g/mol. The first-order valence-corrected chi connectivity index (χ1v) is 6.03. The number of hydrogen-bond acceptors (Lipinski definition) is 3. The van der Waals surface area contributed by atoms with Gasteiger partial charge in [0.05, 0.1) is 18.6 Å². The Labute approximate surface area is 107 Å². The van der Waals surface area contributed by atoms with Crippen molar-refractivity contribution in [1.82, 2.24) is 4.90 Å². The molecular weight excluding hydrogens is 300 g/mol. The van der Waals surface area contributed by atoms with Crippen LogP contribution in [-0.2, 0) is 4.74 Å². The molecule has 1 rings (SSSR count). The number of ether oxygens (including phenoxy) is 1. The Morgan fingerprint density at radius 1 is 1.41 bits per heavy atom. The van der Waals surface area contributed by atoms with Gasteiger partial charge in [-0.25, -0.2) is 4.79 Å². The van der Waals surface area contributed by atoms with E-state index in [0.717, 1.165) is 4.90 Å². The predicted molar refractivity (Wildman–Crippen MR) is 61.2 cm³/mol. The summed E-state index contributed by atoms with van der Waals surface area (Å²) < 4.78 is 31.1. The summed E-state index contributed by atoms with van der Waals surface area (Å²) in [6.45, 7) is 4.70. The predicted octanol–water partition coefficient (Wildman–Crippen LogP) is 2.20. The van der Waals surface area contributed by atoms with Crippen LogP contribution in [0.25, 0.3) is 0 Å². The van der Waals surface area contributed by atoms with Gasteiger partial charge < -0.3 is 14.7 Å². The van der Waals surface area contributed by atoms with E-state index in [1.807, 2.05) is 0 Å². The standard InChI is InChI=1S/C10H16BrF2NO3/c1-9(2,3)17-8(16)14-4-6(7(15)5-14)10(11,12)13/h6-7,15H,4-5H2,1-3H3/t6-,7-/m0/s1. The fourth-order valence-electron chi connectivity index (χ4n) is 1.58. The number of nitrogens with zero attached hydrogens (tertiary/aromatic N) is 1. The number of rotatable bonds is 1. The lowest BCUT2D eigenvalue weighted by molar-refractivity contribution is -0.00301. The quantitative estimate of drug-likeness (QED) is 0.755. The number of hydrogen-bond donors (Lipinski definition) is 1. The molecule has 1 saturated heterocycles. The minimum absolute atomic E-state index is 0.138. The lowest BCUT2D eigenvalue weighted by Crippen LogP contribution is -2.36. The van der Waals surface area contributed by atoms with Crippen LogP contribution in [-0.4, -0.2) is 45.7 Å². The number of amides is 1. The van der Waals surface area contributed by atoms with E-state index in [0.29, 0.717) is 0 Å². The molecule has 0 unspecified atom stereocenters. The molecule has 1 heterocycles. The molecule has 0 aliphatic carbocycles. The number of aliphatic hydroxyl groups excluding tert-OH is 1. The van der Waals surface area contributed by atoms with Gasteiger partial charge >= 0.3 is 10.9 Å². The van der Waals surface area contributed by atoms with Crippen LogP contribution in [0.5, 0.6) is 0 Å². The van der Waals surface area contributed by atoms with E-state index in [1.54, 1.807) is 20.8 Å². The molecule has 0 saturated carbocycles. The SMILES string of the molecule is CC(C)(C)OC(=O)N1C[C@H](O)[C@@H](C(F)(F)Br)C1. The van der Waals surface area contributed by atoms with Gasteiger partial charge in [-0.3, -0.25) is 0 Å².